The van der Waals surface area contributed by atoms with Gasteiger partial charge >= 0.3 is 0 Å². The number of carbonyl (C=O) groups is 2. The van der Waals surface area contributed by atoms with Gasteiger partial charge in [-0.1, -0.05) is 12.1 Å². The van der Waals surface area contributed by atoms with Gasteiger partial charge in [-0.05, 0) is 43.2 Å². The number of hydrogen-bond acceptors (Lipinski definition) is 5. The van der Waals surface area contributed by atoms with E-state index in [1.807, 2.05) is 38.1 Å². The summed E-state index contributed by atoms with van der Waals surface area (Å²) in [6, 6.07) is 9.33. The van der Waals surface area contributed by atoms with Gasteiger partial charge in [-0.3, -0.25) is 9.59 Å². The lowest BCUT2D eigenvalue weighted by atomic mass is 10.2. The lowest BCUT2D eigenvalue weighted by Crippen LogP contribution is -2.23. The van der Waals surface area contributed by atoms with Gasteiger partial charge in [0.25, 0.3) is 5.91 Å². The molecule has 0 bridgehead atoms. The summed E-state index contributed by atoms with van der Waals surface area (Å²) in [4.78, 5) is 29.8. The van der Waals surface area contributed by atoms with Crippen LogP contribution in [0.2, 0.25) is 0 Å². The number of pyridine rings is 1. The van der Waals surface area contributed by atoms with Crippen molar-refractivity contribution in [1.29, 1.82) is 0 Å². The van der Waals surface area contributed by atoms with E-state index in [2.05, 4.69) is 15.4 Å². The van der Waals surface area contributed by atoms with Gasteiger partial charge in [0.2, 0.25) is 11.8 Å². The molecule has 0 spiro atoms. The van der Waals surface area contributed by atoms with Crippen LogP contribution in [0.15, 0.2) is 30.3 Å². The van der Waals surface area contributed by atoms with Crippen LogP contribution in [-0.4, -0.2) is 45.1 Å². The molecule has 2 heterocycles. The van der Waals surface area contributed by atoms with Gasteiger partial charge in [0.05, 0.1) is 5.39 Å². The second-order valence-corrected chi connectivity index (χ2v) is 7.12. The average Bonchev–Trinajstić information content (AvgIpc) is 2.96. The Hall–Kier alpha value is -3.42. The number of nitrogens with zero attached hydrogens (tertiary/aromatic N) is 4. The van der Waals surface area contributed by atoms with Gasteiger partial charge < -0.3 is 15.0 Å². The molecule has 2 amide bonds. The molecular weight excluding hydrogens is 370 g/mol. The van der Waals surface area contributed by atoms with E-state index in [1.54, 1.807) is 29.7 Å². The molecule has 3 rings (SSSR count). The van der Waals surface area contributed by atoms with Gasteiger partial charge in [0.15, 0.2) is 12.3 Å². The minimum atomic E-state index is -0.293. The van der Waals surface area contributed by atoms with E-state index in [-0.39, 0.29) is 18.4 Å². The zero-order valence-corrected chi connectivity index (χ0v) is 17.3. The van der Waals surface area contributed by atoms with Crippen LogP contribution in [0.25, 0.3) is 11.0 Å². The lowest BCUT2D eigenvalue weighted by Gasteiger charge is -2.15. The van der Waals surface area contributed by atoms with E-state index in [1.165, 1.54) is 6.92 Å². The summed E-state index contributed by atoms with van der Waals surface area (Å²) in [5.74, 6) is 0.0773. The summed E-state index contributed by atoms with van der Waals surface area (Å²) in [6.07, 6.45) is 0. The third-order valence-corrected chi connectivity index (χ3v) is 4.59. The molecule has 0 aliphatic heterocycles. The molecule has 0 unspecified atom stereocenters. The van der Waals surface area contributed by atoms with Crippen molar-refractivity contribution in [2.45, 2.75) is 27.3 Å². The number of benzene rings is 1. The number of aryl methyl sites for hydroxylation is 3. The number of anilines is 1. The van der Waals surface area contributed by atoms with Crippen molar-refractivity contribution >= 4 is 28.5 Å². The fourth-order valence-corrected chi connectivity index (χ4v) is 3.11. The third-order valence-electron chi connectivity index (χ3n) is 4.59. The summed E-state index contributed by atoms with van der Waals surface area (Å²) in [7, 11) is 3.53. The van der Waals surface area contributed by atoms with E-state index in [9.17, 15) is 9.59 Å². The Kier molecular flexibility index (Phi) is 5.81. The Balaban J connectivity index is 1.67. The fraction of sp³-hybridized carbons (Fsp3) is 0.333. The van der Waals surface area contributed by atoms with Crippen LogP contribution in [0.3, 0.4) is 0 Å². The molecule has 8 heteroatoms. The zero-order chi connectivity index (χ0) is 21.1. The molecule has 0 atom stereocenters. The number of carbonyl (C=O) groups excluding carboxylic acids is 2. The van der Waals surface area contributed by atoms with Gasteiger partial charge in [-0.15, -0.1) is 5.10 Å². The lowest BCUT2D eigenvalue weighted by molar-refractivity contribution is -0.128. The van der Waals surface area contributed by atoms with Crippen molar-refractivity contribution < 1.29 is 14.3 Å². The highest BCUT2D eigenvalue weighted by molar-refractivity contribution is 5.92. The molecule has 0 radical (unpaired) electrons. The summed E-state index contributed by atoms with van der Waals surface area (Å²) in [6.45, 7) is 5.71. The maximum Gasteiger partial charge on any atom is 0.262 e. The molecule has 0 saturated carbocycles. The first-order chi connectivity index (χ1) is 13.7. The summed E-state index contributed by atoms with van der Waals surface area (Å²) in [5, 5.41) is 7.97. The Bertz CT molecular complexity index is 1070. The average molecular weight is 395 g/mol. The summed E-state index contributed by atoms with van der Waals surface area (Å²) < 4.78 is 7.33. The van der Waals surface area contributed by atoms with E-state index in [0.717, 1.165) is 27.9 Å². The van der Waals surface area contributed by atoms with E-state index in [4.69, 9.17) is 4.74 Å². The van der Waals surface area contributed by atoms with Crippen LogP contribution in [0.4, 0.5) is 5.69 Å². The monoisotopic (exact) mass is 395 g/mol. The SMILES string of the molecule is CC(=O)N(C)Cc1cccc(NC(=O)COc2nn(C)c3nc(C)cc(C)c23)c1. The van der Waals surface area contributed by atoms with Crippen LogP contribution >= 0.6 is 0 Å². The first kappa shape index (κ1) is 20.3. The maximum absolute atomic E-state index is 12.4. The van der Waals surface area contributed by atoms with Gasteiger partial charge in [-0.2, -0.15) is 0 Å². The number of aromatic nitrogens is 3. The molecule has 8 nitrogen and oxygen atoms in total. The van der Waals surface area contributed by atoms with Crippen molar-refractivity contribution in [3.8, 4) is 5.88 Å². The predicted octanol–water partition coefficient (Wildman–Crippen LogP) is 2.58. The third kappa shape index (κ3) is 4.71. The molecule has 29 heavy (non-hydrogen) atoms. The molecule has 2 aromatic heterocycles. The number of fused-ring (bicyclic) bond motifs is 1. The van der Waals surface area contributed by atoms with E-state index < -0.39 is 0 Å². The van der Waals surface area contributed by atoms with Crippen LogP contribution in [0.1, 0.15) is 23.7 Å². The van der Waals surface area contributed by atoms with E-state index >= 15 is 0 Å². The van der Waals surface area contributed by atoms with Crippen molar-refractivity contribution in [3.63, 3.8) is 0 Å². The molecular formula is C21H25N5O3. The smallest absolute Gasteiger partial charge is 0.262 e. The number of rotatable bonds is 6. The van der Waals surface area contributed by atoms with Crippen molar-refractivity contribution in [2.75, 3.05) is 19.0 Å². The van der Waals surface area contributed by atoms with Crippen LogP contribution in [-0.2, 0) is 23.2 Å². The maximum atomic E-state index is 12.4. The molecule has 0 aliphatic rings. The number of hydrogen-bond donors (Lipinski definition) is 1. The summed E-state index contributed by atoms with van der Waals surface area (Å²) in [5.41, 5.74) is 4.19. The number of nitrogens with one attached hydrogen (secondary N) is 1. The fourth-order valence-electron chi connectivity index (χ4n) is 3.11. The molecule has 1 N–H and O–H groups in total. The Labute approximate surface area is 169 Å². The Morgan fingerprint density at radius 2 is 2.00 bits per heavy atom. The second-order valence-electron chi connectivity index (χ2n) is 7.12. The van der Waals surface area contributed by atoms with Gasteiger partial charge in [-0.25, -0.2) is 9.67 Å². The molecule has 3 aromatic rings. The first-order valence-corrected chi connectivity index (χ1v) is 9.29. The normalized spacial score (nSPS) is 10.8. The van der Waals surface area contributed by atoms with Crippen molar-refractivity contribution in [2.24, 2.45) is 7.05 Å². The number of ether oxygens (including phenoxy) is 1. The highest BCUT2D eigenvalue weighted by Crippen LogP contribution is 2.27. The van der Waals surface area contributed by atoms with Crippen molar-refractivity contribution in [3.05, 3.63) is 47.2 Å². The highest BCUT2D eigenvalue weighted by atomic mass is 16.5. The first-order valence-electron chi connectivity index (χ1n) is 9.29. The van der Waals surface area contributed by atoms with Crippen molar-refractivity contribution in [1.82, 2.24) is 19.7 Å². The summed E-state index contributed by atoms with van der Waals surface area (Å²) >= 11 is 0. The van der Waals surface area contributed by atoms with Crippen LogP contribution in [0, 0.1) is 13.8 Å². The topological polar surface area (TPSA) is 89.4 Å². The molecule has 0 aliphatic carbocycles. The Morgan fingerprint density at radius 1 is 1.24 bits per heavy atom. The minimum Gasteiger partial charge on any atom is -0.466 e. The highest BCUT2D eigenvalue weighted by Gasteiger charge is 2.16. The van der Waals surface area contributed by atoms with Gasteiger partial charge in [0.1, 0.15) is 0 Å². The molecule has 1 aromatic carbocycles. The van der Waals surface area contributed by atoms with E-state index in [0.29, 0.717) is 18.1 Å². The van der Waals surface area contributed by atoms with Crippen LogP contribution in [0.5, 0.6) is 5.88 Å². The molecule has 0 saturated heterocycles. The second kappa shape index (κ2) is 8.30. The molecule has 152 valence electrons. The molecule has 0 fully saturated rings. The predicted molar refractivity (Wildman–Crippen MR) is 111 cm³/mol. The standard InChI is InChI=1S/C21H25N5O3/c1-13-9-14(2)22-20-19(13)21(24-26(20)5)29-12-18(28)23-17-8-6-7-16(10-17)11-25(4)15(3)27/h6-10H,11-12H2,1-5H3,(H,23,28). The zero-order valence-electron chi connectivity index (χ0n) is 17.3. The minimum absolute atomic E-state index is 0.0181. The Morgan fingerprint density at radius 3 is 2.72 bits per heavy atom. The largest absolute Gasteiger partial charge is 0.466 e. The number of amides is 2. The quantitative estimate of drug-likeness (QED) is 0.693. The van der Waals surface area contributed by atoms with Gasteiger partial charge in [0, 0.05) is 38.9 Å². The van der Waals surface area contributed by atoms with Crippen LogP contribution < -0.4 is 10.1 Å².